The topological polar surface area (TPSA) is 72.6 Å². The van der Waals surface area contributed by atoms with Crippen LogP contribution in [0.25, 0.3) is 0 Å². The number of nitrogens with zero attached hydrogens (tertiary/aromatic N) is 1. The summed E-state index contributed by atoms with van der Waals surface area (Å²) in [5.74, 6) is 1.62. The molecule has 2 N–H and O–H groups in total. The Kier molecular flexibility index (Phi) is 4.83. The molecule has 2 saturated heterocycles. The lowest BCUT2D eigenvalue weighted by atomic mass is 9.85. The average Bonchev–Trinajstić information content (AvgIpc) is 2.37. The second-order valence-corrected chi connectivity index (χ2v) is 8.97. The molecule has 2 rings (SSSR count). The maximum absolute atomic E-state index is 12.1. The van der Waals surface area contributed by atoms with E-state index >= 15 is 0 Å². The van der Waals surface area contributed by atoms with Crippen LogP contribution in [0.15, 0.2) is 0 Å². The van der Waals surface area contributed by atoms with Crippen LogP contribution in [0.4, 0.5) is 0 Å². The standard InChI is InChI=1S/C12H24N2O3S2/c1-10-7-12(9-13,3-5-17-10)14-4-6-18-8-11(14)19(2,15)16/h10-11H,3-9,13H2,1-2H3. The minimum absolute atomic E-state index is 0.145. The smallest absolute Gasteiger partial charge is 0.164 e. The van der Waals surface area contributed by atoms with Crippen molar-refractivity contribution < 1.29 is 13.2 Å². The Balaban J connectivity index is 2.29. The van der Waals surface area contributed by atoms with Crippen molar-refractivity contribution in [3.63, 3.8) is 0 Å². The second-order valence-electron chi connectivity index (χ2n) is 5.62. The zero-order chi connectivity index (χ0) is 14.1. The highest BCUT2D eigenvalue weighted by atomic mass is 32.2. The first-order valence-electron chi connectivity index (χ1n) is 6.74. The molecule has 19 heavy (non-hydrogen) atoms. The third kappa shape index (κ3) is 3.26. The molecule has 0 spiro atoms. The molecule has 0 aliphatic carbocycles. The number of hydrogen-bond acceptors (Lipinski definition) is 6. The largest absolute Gasteiger partial charge is 0.378 e. The van der Waals surface area contributed by atoms with Crippen molar-refractivity contribution in [1.29, 1.82) is 0 Å². The average molecular weight is 308 g/mol. The summed E-state index contributed by atoms with van der Waals surface area (Å²) in [6.07, 6.45) is 3.13. The van der Waals surface area contributed by atoms with Gasteiger partial charge in [-0.3, -0.25) is 4.90 Å². The van der Waals surface area contributed by atoms with Crippen molar-refractivity contribution in [2.45, 2.75) is 36.8 Å². The molecule has 2 aliphatic heterocycles. The number of sulfone groups is 1. The van der Waals surface area contributed by atoms with Crippen LogP contribution >= 0.6 is 11.8 Å². The van der Waals surface area contributed by atoms with Gasteiger partial charge in [-0.25, -0.2) is 8.42 Å². The summed E-state index contributed by atoms with van der Waals surface area (Å²) < 4.78 is 29.7. The molecular weight excluding hydrogens is 284 g/mol. The van der Waals surface area contributed by atoms with E-state index in [9.17, 15) is 8.42 Å². The SMILES string of the molecule is CC1CC(CN)(N2CCSCC2S(C)(=O)=O)CCO1. The normalized spacial score (nSPS) is 38.3. The van der Waals surface area contributed by atoms with Gasteiger partial charge in [-0.2, -0.15) is 11.8 Å². The predicted octanol–water partition coefficient (Wildman–Crippen LogP) is 0.302. The highest BCUT2D eigenvalue weighted by Gasteiger charge is 2.46. The molecule has 2 fully saturated rings. The Morgan fingerprint density at radius 3 is 2.84 bits per heavy atom. The van der Waals surface area contributed by atoms with Crippen molar-refractivity contribution in [3.8, 4) is 0 Å². The summed E-state index contributed by atoms with van der Waals surface area (Å²) in [5, 5.41) is -0.403. The minimum Gasteiger partial charge on any atom is -0.378 e. The maximum atomic E-state index is 12.1. The number of nitrogens with two attached hydrogens (primary N) is 1. The van der Waals surface area contributed by atoms with E-state index < -0.39 is 15.2 Å². The molecule has 0 amide bonds. The zero-order valence-corrected chi connectivity index (χ0v) is 13.3. The highest BCUT2D eigenvalue weighted by molar-refractivity contribution is 8.00. The van der Waals surface area contributed by atoms with Crippen LogP contribution < -0.4 is 5.73 Å². The third-order valence-corrected chi connectivity index (χ3v) is 6.85. The lowest BCUT2D eigenvalue weighted by molar-refractivity contribution is -0.0652. The fraction of sp³-hybridized carbons (Fsp3) is 1.00. The lowest BCUT2D eigenvalue weighted by Gasteiger charge is -2.51. The summed E-state index contributed by atoms with van der Waals surface area (Å²) in [4.78, 5) is 2.15. The Morgan fingerprint density at radius 1 is 1.53 bits per heavy atom. The highest BCUT2D eigenvalue weighted by Crippen LogP contribution is 2.35. The van der Waals surface area contributed by atoms with Crippen molar-refractivity contribution in [3.05, 3.63) is 0 Å². The van der Waals surface area contributed by atoms with E-state index in [0.717, 1.165) is 25.1 Å². The number of thioether (sulfide) groups is 1. The first kappa shape index (κ1) is 15.6. The van der Waals surface area contributed by atoms with Gasteiger partial charge in [0.25, 0.3) is 0 Å². The first-order chi connectivity index (χ1) is 8.89. The molecule has 112 valence electrons. The number of ether oxygens (including phenoxy) is 1. The summed E-state index contributed by atoms with van der Waals surface area (Å²) in [5.41, 5.74) is 5.82. The van der Waals surface area contributed by atoms with E-state index in [0.29, 0.717) is 18.9 Å². The van der Waals surface area contributed by atoms with Gasteiger partial charge in [0.1, 0.15) is 5.37 Å². The van der Waals surface area contributed by atoms with E-state index in [1.807, 2.05) is 6.92 Å². The van der Waals surface area contributed by atoms with E-state index in [1.165, 1.54) is 6.26 Å². The summed E-state index contributed by atoms with van der Waals surface area (Å²) in [7, 11) is -3.08. The quantitative estimate of drug-likeness (QED) is 0.808. The molecule has 0 aromatic carbocycles. The summed E-state index contributed by atoms with van der Waals surface area (Å²) in [6.45, 7) is 4.00. The number of rotatable bonds is 3. The van der Waals surface area contributed by atoms with Crippen LogP contribution in [-0.4, -0.2) is 67.8 Å². The van der Waals surface area contributed by atoms with Gasteiger partial charge in [-0.15, -0.1) is 0 Å². The van der Waals surface area contributed by atoms with Crippen molar-refractivity contribution >= 4 is 21.6 Å². The first-order valence-corrected chi connectivity index (χ1v) is 9.85. The minimum atomic E-state index is -3.08. The molecule has 2 aliphatic rings. The third-order valence-electron chi connectivity index (χ3n) is 4.21. The summed E-state index contributed by atoms with van der Waals surface area (Å²) >= 11 is 1.71. The Hall–Kier alpha value is 0.180. The van der Waals surface area contributed by atoms with Crippen LogP contribution in [0.2, 0.25) is 0 Å². The van der Waals surface area contributed by atoms with Gasteiger partial charge in [0.05, 0.1) is 6.10 Å². The van der Waals surface area contributed by atoms with Gasteiger partial charge < -0.3 is 10.5 Å². The van der Waals surface area contributed by atoms with Gasteiger partial charge in [0.2, 0.25) is 0 Å². The van der Waals surface area contributed by atoms with Crippen LogP contribution in [0.5, 0.6) is 0 Å². The zero-order valence-electron chi connectivity index (χ0n) is 11.7. The molecule has 2 heterocycles. The predicted molar refractivity (Wildman–Crippen MR) is 79.1 cm³/mol. The van der Waals surface area contributed by atoms with E-state index in [-0.39, 0.29) is 11.6 Å². The molecule has 3 unspecified atom stereocenters. The van der Waals surface area contributed by atoms with E-state index in [4.69, 9.17) is 10.5 Å². The second kappa shape index (κ2) is 5.89. The van der Waals surface area contributed by atoms with Crippen LogP contribution in [0, 0.1) is 0 Å². The van der Waals surface area contributed by atoms with Gasteiger partial charge in [-0.05, 0) is 19.8 Å². The lowest BCUT2D eigenvalue weighted by Crippen LogP contribution is -2.64. The van der Waals surface area contributed by atoms with E-state index in [2.05, 4.69) is 4.90 Å². The van der Waals surface area contributed by atoms with Crippen LogP contribution in [0.1, 0.15) is 19.8 Å². The van der Waals surface area contributed by atoms with Gasteiger partial charge in [0, 0.05) is 43.0 Å². The van der Waals surface area contributed by atoms with Crippen molar-refractivity contribution in [2.75, 3.05) is 37.5 Å². The molecule has 0 aromatic rings. The molecule has 0 radical (unpaired) electrons. The van der Waals surface area contributed by atoms with Gasteiger partial charge in [-0.1, -0.05) is 0 Å². The van der Waals surface area contributed by atoms with Crippen LogP contribution in [-0.2, 0) is 14.6 Å². The molecule has 3 atom stereocenters. The fourth-order valence-corrected chi connectivity index (χ4v) is 6.13. The molecule has 0 saturated carbocycles. The Morgan fingerprint density at radius 2 is 2.26 bits per heavy atom. The maximum Gasteiger partial charge on any atom is 0.164 e. The molecule has 5 nitrogen and oxygen atoms in total. The number of hydrogen-bond donors (Lipinski definition) is 1. The van der Waals surface area contributed by atoms with Crippen LogP contribution in [0.3, 0.4) is 0 Å². The fourth-order valence-electron chi connectivity index (χ4n) is 3.19. The molecule has 7 heteroatoms. The van der Waals surface area contributed by atoms with Crippen molar-refractivity contribution in [1.82, 2.24) is 4.90 Å². The molecule has 0 aromatic heterocycles. The Bertz CT molecular complexity index is 415. The summed E-state index contributed by atoms with van der Waals surface area (Å²) in [6, 6.07) is 0. The van der Waals surface area contributed by atoms with Gasteiger partial charge in [0.15, 0.2) is 9.84 Å². The van der Waals surface area contributed by atoms with Crippen molar-refractivity contribution in [2.24, 2.45) is 5.73 Å². The van der Waals surface area contributed by atoms with E-state index in [1.54, 1.807) is 11.8 Å². The molecular formula is C12H24N2O3S2. The molecule has 0 bridgehead atoms. The Labute approximate surface area is 120 Å². The van der Waals surface area contributed by atoms with Gasteiger partial charge >= 0.3 is 0 Å². The monoisotopic (exact) mass is 308 g/mol.